The number of hydrogen-bond acceptors (Lipinski definition) is 3. The van der Waals surface area contributed by atoms with Gasteiger partial charge in [0.25, 0.3) is 0 Å². The first-order valence-corrected chi connectivity index (χ1v) is 6.94. The van der Waals surface area contributed by atoms with Crippen molar-refractivity contribution in [1.29, 1.82) is 0 Å². The highest BCUT2D eigenvalue weighted by Crippen LogP contribution is 2.34. The SMILES string of the molecule is CNC(=O)CCCOc1c(Br)cc(C=O)cc1Br. The second-order valence-corrected chi connectivity index (χ2v) is 5.27. The summed E-state index contributed by atoms with van der Waals surface area (Å²) >= 11 is 6.68. The predicted octanol–water partition coefficient (Wildman–Crippen LogP) is 2.93. The first-order valence-electron chi connectivity index (χ1n) is 5.36. The summed E-state index contributed by atoms with van der Waals surface area (Å²) < 4.78 is 6.99. The van der Waals surface area contributed by atoms with Crippen LogP contribution in [0.15, 0.2) is 21.1 Å². The first-order chi connectivity index (χ1) is 8.58. The number of halogens is 2. The molecule has 0 spiro atoms. The monoisotopic (exact) mass is 377 g/mol. The fraction of sp³-hybridized carbons (Fsp3) is 0.333. The second kappa shape index (κ2) is 7.53. The van der Waals surface area contributed by atoms with Crippen LogP contribution in [-0.2, 0) is 4.79 Å². The molecule has 0 saturated carbocycles. The first kappa shape index (κ1) is 15.2. The smallest absolute Gasteiger partial charge is 0.219 e. The lowest BCUT2D eigenvalue weighted by molar-refractivity contribution is -0.120. The zero-order chi connectivity index (χ0) is 13.5. The third-order valence-corrected chi connectivity index (χ3v) is 3.41. The minimum atomic E-state index is -0.00645. The summed E-state index contributed by atoms with van der Waals surface area (Å²) in [5.41, 5.74) is 0.562. The Bertz CT molecular complexity index is 426. The van der Waals surface area contributed by atoms with E-state index < -0.39 is 0 Å². The summed E-state index contributed by atoms with van der Waals surface area (Å²) in [7, 11) is 1.61. The minimum absolute atomic E-state index is 0.00645. The molecular weight excluding hydrogens is 366 g/mol. The average Bonchev–Trinajstić information content (AvgIpc) is 2.36. The molecule has 0 saturated heterocycles. The topological polar surface area (TPSA) is 55.4 Å². The lowest BCUT2D eigenvalue weighted by atomic mass is 10.2. The maximum Gasteiger partial charge on any atom is 0.219 e. The Kier molecular flexibility index (Phi) is 6.35. The van der Waals surface area contributed by atoms with E-state index in [4.69, 9.17) is 4.74 Å². The second-order valence-electron chi connectivity index (χ2n) is 3.56. The number of ether oxygens (including phenoxy) is 1. The van der Waals surface area contributed by atoms with Gasteiger partial charge in [0.1, 0.15) is 12.0 Å². The van der Waals surface area contributed by atoms with Crippen LogP contribution in [-0.4, -0.2) is 25.8 Å². The molecule has 6 heteroatoms. The van der Waals surface area contributed by atoms with Crippen molar-refractivity contribution in [2.24, 2.45) is 0 Å². The molecule has 98 valence electrons. The third kappa shape index (κ3) is 4.42. The Balaban J connectivity index is 2.57. The quantitative estimate of drug-likeness (QED) is 0.611. The summed E-state index contributed by atoms with van der Waals surface area (Å²) in [5, 5.41) is 2.55. The van der Waals surface area contributed by atoms with Crippen molar-refractivity contribution in [2.45, 2.75) is 12.8 Å². The van der Waals surface area contributed by atoms with Gasteiger partial charge in [-0.05, 0) is 50.4 Å². The Hall–Kier alpha value is -0.880. The molecule has 4 nitrogen and oxygen atoms in total. The third-order valence-electron chi connectivity index (χ3n) is 2.23. The predicted molar refractivity (Wildman–Crippen MR) is 76.0 cm³/mol. The molecule has 0 aliphatic carbocycles. The Morgan fingerprint density at radius 1 is 1.39 bits per heavy atom. The van der Waals surface area contributed by atoms with E-state index in [1.807, 2.05) is 0 Å². The van der Waals surface area contributed by atoms with Gasteiger partial charge in [0.15, 0.2) is 0 Å². The summed E-state index contributed by atoms with van der Waals surface area (Å²) in [4.78, 5) is 21.7. The van der Waals surface area contributed by atoms with Gasteiger partial charge in [-0.15, -0.1) is 0 Å². The van der Waals surface area contributed by atoms with Crippen molar-refractivity contribution in [3.05, 3.63) is 26.6 Å². The molecule has 0 atom stereocenters. The molecule has 0 bridgehead atoms. The van der Waals surface area contributed by atoms with Gasteiger partial charge in [0.2, 0.25) is 5.91 Å². The highest BCUT2D eigenvalue weighted by Gasteiger charge is 2.09. The minimum Gasteiger partial charge on any atom is -0.491 e. The molecule has 0 unspecified atom stereocenters. The van der Waals surface area contributed by atoms with E-state index in [0.717, 1.165) is 6.29 Å². The fourth-order valence-electron chi connectivity index (χ4n) is 1.32. The summed E-state index contributed by atoms with van der Waals surface area (Å²) in [6.45, 7) is 0.436. The van der Waals surface area contributed by atoms with Gasteiger partial charge in [-0.1, -0.05) is 0 Å². The van der Waals surface area contributed by atoms with E-state index in [2.05, 4.69) is 37.2 Å². The molecule has 1 rings (SSSR count). The van der Waals surface area contributed by atoms with Crippen LogP contribution in [0.3, 0.4) is 0 Å². The molecule has 1 N–H and O–H groups in total. The van der Waals surface area contributed by atoms with Crippen LogP contribution in [0, 0.1) is 0 Å². The van der Waals surface area contributed by atoms with Gasteiger partial charge in [-0.2, -0.15) is 0 Å². The van der Waals surface area contributed by atoms with Crippen LogP contribution in [0.4, 0.5) is 0 Å². The van der Waals surface area contributed by atoms with Gasteiger partial charge < -0.3 is 10.1 Å². The van der Waals surface area contributed by atoms with E-state index in [-0.39, 0.29) is 5.91 Å². The number of benzene rings is 1. The van der Waals surface area contributed by atoms with Gasteiger partial charge in [-0.25, -0.2) is 0 Å². The number of amides is 1. The molecule has 0 radical (unpaired) electrons. The van der Waals surface area contributed by atoms with E-state index in [1.54, 1.807) is 19.2 Å². The van der Waals surface area contributed by atoms with Gasteiger partial charge in [-0.3, -0.25) is 9.59 Å². The number of aldehydes is 1. The number of hydrogen-bond donors (Lipinski definition) is 1. The molecule has 18 heavy (non-hydrogen) atoms. The van der Waals surface area contributed by atoms with Crippen molar-refractivity contribution < 1.29 is 14.3 Å². The number of nitrogens with one attached hydrogen (secondary N) is 1. The molecular formula is C12H13Br2NO3. The Morgan fingerprint density at radius 2 is 2.00 bits per heavy atom. The van der Waals surface area contributed by atoms with Gasteiger partial charge in [0.05, 0.1) is 15.6 Å². The number of rotatable bonds is 6. The fourth-order valence-corrected chi connectivity index (χ4v) is 2.77. The van der Waals surface area contributed by atoms with Crippen LogP contribution < -0.4 is 10.1 Å². The van der Waals surface area contributed by atoms with Gasteiger partial charge in [0, 0.05) is 19.0 Å². The molecule has 1 aromatic rings. The van der Waals surface area contributed by atoms with Crippen molar-refractivity contribution in [1.82, 2.24) is 5.32 Å². The van der Waals surface area contributed by atoms with Crippen LogP contribution in [0.1, 0.15) is 23.2 Å². The molecule has 0 heterocycles. The highest BCUT2D eigenvalue weighted by molar-refractivity contribution is 9.11. The molecule has 0 aliphatic heterocycles. The lowest BCUT2D eigenvalue weighted by Crippen LogP contribution is -2.18. The summed E-state index contributed by atoms with van der Waals surface area (Å²) in [6.07, 6.45) is 1.83. The van der Waals surface area contributed by atoms with Gasteiger partial charge >= 0.3 is 0 Å². The molecule has 1 amide bonds. The zero-order valence-electron chi connectivity index (χ0n) is 9.83. The highest BCUT2D eigenvalue weighted by atomic mass is 79.9. The van der Waals surface area contributed by atoms with E-state index in [0.29, 0.717) is 39.7 Å². The maximum atomic E-state index is 11.0. The van der Waals surface area contributed by atoms with E-state index in [9.17, 15) is 9.59 Å². The standard InChI is InChI=1S/C12H13Br2NO3/c1-15-11(17)3-2-4-18-12-9(13)5-8(7-16)6-10(12)14/h5-7H,2-4H2,1H3,(H,15,17). The Morgan fingerprint density at radius 3 is 2.50 bits per heavy atom. The van der Waals surface area contributed by atoms with Crippen molar-refractivity contribution in [3.8, 4) is 5.75 Å². The number of carbonyl (C=O) groups is 2. The van der Waals surface area contributed by atoms with Crippen LogP contribution in [0.5, 0.6) is 5.75 Å². The molecule has 0 aliphatic rings. The van der Waals surface area contributed by atoms with Crippen LogP contribution >= 0.6 is 31.9 Å². The average molecular weight is 379 g/mol. The van der Waals surface area contributed by atoms with Crippen molar-refractivity contribution >= 4 is 44.1 Å². The maximum absolute atomic E-state index is 11.0. The lowest BCUT2D eigenvalue weighted by Gasteiger charge is -2.10. The summed E-state index contributed by atoms with van der Waals surface area (Å²) in [5.74, 6) is 0.630. The largest absolute Gasteiger partial charge is 0.491 e. The number of carbonyl (C=O) groups excluding carboxylic acids is 2. The van der Waals surface area contributed by atoms with Crippen LogP contribution in [0.25, 0.3) is 0 Å². The van der Waals surface area contributed by atoms with E-state index >= 15 is 0 Å². The van der Waals surface area contributed by atoms with Crippen LogP contribution in [0.2, 0.25) is 0 Å². The Labute approximate surface area is 122 Å². The molecule has 0 fully saturated rings. The summed E-state index contributed by atoms with van der Waals surface area (Å²) in [6, 6.07) is 3.37. The van der Waals surface area contributed by atoms with Crippen molar-refractivity contribution in [3.63, 3.8) is 0 Å². The molecule has 0 aromatic heterocycles. The normalized spacial score (nSPS) is 9.94. The van der Waals surface area contributed by atoms with Crippen molar-refractivity contribution in [2.75, 3.05) is 13.7 Å². The zero-order valence-corrected chi connectivity index (χ0v) is 13.0. The van der Waals surface area contributed by atoms with E-state index in [1.165, 1.54) is 0 Å². The molecule has 1 aromatic carbocycles.